The summed E-state index contributed by atoms with van der Waals surface area (Å²) in [6.45, 7) is 0.0586. The summed E-state index contributed by atoms with van der Waals surface area (Å²) in [6.07, 6.45) is -0.776. The lowest BCUT2D eigenvalue weighted by molar-refractivity contribution is 0.183. The summed E-state index contributed by atoms with van der Waals surface area (Å²) in [5.41, 5.74) is 5.87. The van der Waals surface area contributed by atoms with Crippen molar-refractivity contribution >= 4 is 0 Å². The van der Waals surface area contributed by atoms with Crippen LogP contribution < -0.4 is 10.5 Å². The molecule has 0 aromatic heterocycles. The quantitative estimate of drug-likeness (QED) is 0.541. The number of hydrogen-bond acceptors (Lipinski definition) is 5. The molecule has 0 bridgehead atoms. The Hall–Kier alpha value is -1.30. The fraction of sp³-hybridized carbons (Fsp3) is 0.400. The van der Waals surface area contributed by atoms with E-state index in [0.29, 0.717) is 5.56 Å². The van der Waals surface area contributed by atoms with Gasteiger partial charge in [-0.15, -0.1) is 0 Å². The predicted molar refractivity (Wildman–Crippen MR) is 54.7 cm³/mol. The van der Waals surface area contributed by atoms with Crippen molar-refractivity contribution in [2.24, 2.45) is 5.73 Å². The molecule has 0 amide bonds. The van der Waals surface area contributed by atoms with E-state index in [4.69, 9.17) is 15.6 Å². The Balaban J connectivity index is 2.84. The van der Waals surface area contributed by atoms with Crippen LogP contribution >= 0.6 is 0 Å². The molecular weight excluding hydrogens is 198 g/mol. The number of aliphatic hydroxyl groups excluding tert-OH is 2. The standard InChI is InChI=1S/C10H15NO4/c11-6-9(14)7-1-2-8(13)10(5-7)15-4-3-12/h1-2,5,9,12-14H,3-4,6,11H2/t9-/m0/s1. The van der Waals surface area contributed by atoms with Crippen LogP contribution in [0.1, 0.15) is 11.7 Å². The van der Waals surface area contributed by atoms with Crippen molar-refractivity contribution in [3.8, 4) is 11.5 Å². The van der Waals surface area contributed by atoms with E-state index in [1.54, 1.807) is 6.07 Å². The molecular formula is C10H15NO4. The molecule has 15 heavy (non-hydrogen) atoms. The molecule has 1 aromatic rings. The zero-order chi connectivity index (χ0) is 11.3. The highest BCUT2D eigenvalue weighted by atomic mass is 16.5. The molecule has 0 aliphatic heterocycles. The van der Waals surface area contributed by atoms with Gasteiger partial charge < -0.3 is 25.8 Å². The van der Waals surface area contributed by atoms with E-state index < -0.39 is 6.10 Å². The molecule has 1 aromatic carbocycles. The van der Waals surface area contributed by atoms with E-state index in [2.05, 4.69) is 0 Å². The van der Waals surface area contributed by atoms with Crippen LogP contribution in [0.25, 0.3) is 0 Å². The third-order valence-electron chi connectivity index (χ3n) is 1.94. The van der Waals surface area contributed by atoms with Crippen LogP contribution in [0.2, 0.25) is 0 Å². The summed E-state index contributed by atoms with van der Waals surface area (Å²) in [6, 6.07) is 4.49. The van der Waals surface area contributed by atoms with Gasteiger partial charge in [-0.3, -0.25) is 0 Å². The molecule has 0 unspecified atom stereocenters. The Morgan fingerprint density at radius 3 is 2.73 bits per heavy atom. The van der Waals surface area contributed by atoms with Gasteiger partial charge in [0, 0.05) is 6.54 Å². The Morgan fingerprint density at radius 1 is 1.40 bits per heavy atom. The highest BCUT2D eigenvalue weighted by Crippen LogP contribution is 2.28. The number of ether oxygens (including phenoxy) is 1. The number of phenols is 1. The lowest BCUT2D eigenvalue weighted by atomic mass is 10.1. The molecule has 0 saturated heterocycles. The lowest BCUT2D eigenvalue weighted by Gasteiger charge is -2.11. The van der Waals surface area contributed by atoms with Crippen LogP contribution in [-0.4, -0.2) is 35.1 Å². The minimum atomic E-state index is -0.776. The Bertz CT molecular complexity index is 316. The van der Waals surface area contributed by atoms with Gasteiger partial charge in [0.05, 0.1) is 12.7 Å². The van der Waals surface area contributed by atoms with E-state index in [0.717, 1.165) is 0 Å². The van der Waals surface area contributed by atoms with E-state index in [1.165, 1.54) is 12.1 Å². The minimum absolute atomic E-state index is 0.0311. The molecule has 0 heterocycles. The van der Waals surface area contributed by atoms with Crippen molar-refractivity contribution in [2.75, 3.05) is 19.8 Å². The van der Waals surface area contributed by atoms with Gasteiger partial charge in [-0.2, -0.15) is 0 Å². The molecule has 0 radical (unpaired) electrons. The number of aromatic hydroxyl groups is 1. The maximum absolute atomic E-state index is 9.46. The summed E-state index contributed by atoms with van der Waals surface area (Å²) in [4.78, 5) is 0. The van der Waals surface area contributed by atoms with Crippen LogP contribution in [0.3, 0.4) is 0 Å². The molecule has 1 atom stereocenters. The van der Waals surface area contributed by atoms with Crippen molar-refractivity contribution < 1.29 is 20.1 Å². The summed E-state index contributed by atoms with van der Waals surface area (Å²) in [7, 11) is 0. The van der Waals surface area contributed by atoms with Gasteiger partial charge in [-0.05, 0) is 17.7 Å². The molecule has 1 rings (SSSR count). The summed E-state index contributed by atoms with van der Waals surface area (Å²) < 4.78 is 5.07. The van der Waals surface area contributed by atoms with Crippen LogP contribution in [-0.2, 0) is 0 Å². The first kappa shape index (κ1) is 11.8. The monoisotopic (exact) mass is 213 g/mol. The average molecular weight is 213 g/mol. The van der Waals surface area contributed by atoms with Gasteiger partial charge in [0.1, 0.15) is 6.61 Å². The maximum atomic E-state index is 9.46. The minimum Gasteiger partial charge on any atom is -0.504 e. The number of benzene rings is 1. The first-order chi connectivity index (χ1) is 7.19. The van der Waals surface area contributed by atoms with Gasteiger partial charge in [0.15, 0.2) is 11.5 Å². The molecule has 5 N–H and O–H groups in total. The second kappa shape index (κ2) is 5.55. The van der Waals surface area contributed by atoms with Crippen LogP contribution in [0, 0.1) is 0 Å². The largest absolute Gasteiger partial charge is 0.504 e. The smallest absolute Gasteiger partial charge is 0.161 e. The molecule has 84 valence electrons. The summed E-state index contributed by atoms with van der Waals surface area (Å²) >= 11 is 0. The second-order valence-corrected chi connectivity index (χ2v) is 3.05. The van der Waals surface area contributed by atoms with Gasteiger partial charge in [-0.25, -0.2) is 0 Å². The van der Waals surface area contributed by atoms with E-state index in [1.807, 2.05) is 0 Å². The Morgan fingerprint density at radius 2 is 2.13 bits per heavy atom. The molecule has 5 heteroatoms. The van der Waals surface area contributed by atoms with Crippen molar-refractivity contribution in [2.45, 2.75) is 6.10 Å². The van der Waals surface area contributed by atoms with Gasteiger partial charge in [0.2, 0.25) is 0 Å². The molecule has 0 fully saturated rings. The van der Waals surface area contributed by atoms with Crippen molar-refractivity contribution in [3.63, 3.8) is 0 Å². The van der Waals surface area contributed by atoms with Crippen molar-refractivity contribution in [1.82, 2.24) is 0 Å². The fourth-order valence-corrected chi connectivity index (χ4v) is 1.15. The fourth-order valence-electron chi connectivity index (χ4n) is 1.15. The number of aliphatic hydroxyl groups is 2. The molecule has 5 nitrogen and oxygen atoms in total. The molecule has 0 spiro atoms. The maximum Gasteiger partial charge on any atom is 0.161 e. The SMILES string of the molecule is NC[C@H](O)c1ccc(O)c(OCCO)c1. The van der Waals surface area contributed by atoms with Crippen molar-refractivity contribution in [3.05, 3.63) is 23.8 Å². The number of phenolic OH excluding ortho intramolecular Hbond substituents is 1. The normalized spacial score (nSPS) is 12.5. The van der Waals surface area contributed by atoms with Gasteiger partial charge >= 0.3 is 0 Å². The Labute approximate surface area is 87.7 Å². The van der Waals surface area contributed by atoms with E-state index >= 15 is 0 Å². The highest BCUT2D eigenvalue weighted by Gasteiger charge is 2.09. The molecule has 0 saturated carbocycles. The topological polar surface area (TPSA) is 95.9 Å². The Kier molecular flexibility index (Phi) is 4.36. The lowest BCUT2D eigenvalue weighted by Crippen LogP contribution is -2.11. The van der Waals surface area contributed by atoms with Gasteiger partial charge in [0.25, 0.3) is 0 Å². The second-order valence-electron chi connectivity index (χ2n) is 3.05. The van der Waals surface area contributed by atoms with E-state index in [-0.39, 0.29) is 31.3 Å². The van der Waals surface area contributed by atoms with Crippen LogP contribution in [0.4, 0.5) is 0 Å². The predicted octanol–water partition coefficient (Wildman–Crippen LogP) is -0.245. The summed E-state index contributed by atoms with van der Waals surface area (Å²) in [5.74, 6) is 0.200. The van der Waals surface area contributed by atoms with Crippen LogP contribution in [0.15, 0.2) is 18.2 Å². The average Bonchev–Trinajstić information content (AvgIpc) is 2.27. The van der Waals surface area contributed by atoms with Crippen molar-refractivity contribution in [1.29, 1.82) is 0 Å². The van der Waals surface area contributed by atoms with Gasteiger partial charge in [-0.1, -0.05) is 6.07 Å². The molecule has 0 aliphatic carbocycles. The van der Waals surface area contributed by atoms with E-state index in [9.17, 15) is 10.2 Å². The third kappa shape index (κ3) is 3.09. The number of rotatable bonds is 5. The third-order valence-corrected chi connectivity index (χ3v) is 1.94. The highest BCUT2D eigenvalue weighted by molar-refractivity contribution is 5.42. The summed E-state index contributed by atoms with van der Waals surface area (Å²) in [5, 5.41) is 27.4. The zero-order valence-corrected chi connectivity index (χ0v) is 8.26. The van der Waals surface area contributed by atoms with Crippen LogP contribution in [0.5, 0.6) is 11.5 Å². The number of hydrogen-bond donors (Lipinski definition) is 4. The molecule has 0 aliphatic rings. The first-order valence-corrected chi connectivity index (χ1v) is 4.63. The first-order valence-electron chi connectivity index (χ1n) is 4.63. The number of nitrogens with two attached hydrogens (primary N) is 1. The zero-order valence-electron chi connectivity index (χ0n) is 8.26.